The van der Waals surface area contributed by atoms with Crippen molar-refractivity contribution in [3.8, 4) is 0 Å². The number of thiol groups is 1. The molecule has 0 aliphatic carbocycles. The molecule has 0 aromatic rings. The van der Waals surface area contributed by atoms with Gasteiger partial charge in [-0.05, 0) is 25.0 Å². The Morgan fingerprint density at radius 1 is 1.43 bits per heavy atom. The van der Waals surface area contributed by atoms with Gasteiger partial charge in [-0.25, -0.2) is 0 Å². The zero-order valence-corrected chi connectivity index (χ0v) is 10.7. The predicted octanol–water partition coefficient (Wildman–Crippen LogP) is 2.05. The molecule has 0 saturated carbocycles. The Morgan fingerprint density at radius 2 is 2.07 bits per heavy atom. The average molecular weight is 217 g/mol. The molecule has 14 heavy (non-hydrogen) atoms. The van der Waals surface area contributed by atoms with Crippen LogP contribution >= 0.6 is 12.6 Å². The Kier molecular flexibility index (Phi) is 3.89. The average Bonchev–Trinajstić information content (AvgIpc) is 2.09. The van der Waals surface area contributed by atoms with Crippen molar-refractivity contribution in [3.05, 3.63) is 0 Å². The highest BCUT2D eigenvalue weighted by Crippen LogP contribution is 2.26. The maximum absolute atomic E-state index is 5.50. The molecule has 1 aliphatic rings. The second kappa shape index (κ2) is 4.42. The van der Waals surface area contributed by atoms with E-state index in [0.717, 1.165) is 32.1 Å². The minimum absolute atomic E-state index is 0.179. The molecule has 0 bridgehead atoms. The number of morpholine rings is 1. The topological polar surface area (TPSA) is 12.5 Å². The molecule has 84 valence electrons. The minimum atomic E-state index is 0.179. The van der Waals surface area contributed by atoms with Crippen LogP contribution in [0.25, 0.3) is 0 Å². The van der Waals surface area contributed by atoms with Crippen LogP contribution in [0.2, 0.25) is 0 Å². The zero-order chi connectivity index (χ0) is 10.8. The first-order chi connectivity index (χ1) is 6.37. The van der Waals surface area contributed by atoms with Gasteiger partial charge in [0.05, 0.1) is 13.2 Å². The summed E-state index contributed by atoms with van der Waals surface area (Å²) in [6, 6.07) is 0. The van der Waals surface area contributed by atoms with E-state index >= 15 is 0 Å². The number of ether oxygens (including phenoxy) is 1. The lowest BCUT2D eigenvalue weighted by Crippen LogP contribution is -2.55. The first-order valence-electron chi connectivity index (χ1n) is 5.31. The smallest absolute Gasteiger partial charge is 0.0645 e. The van der Waals surface area contributed by atoms with Crippen LogP contribution < -0.4 is 0 Å². The fourth-order valence-corrected chi connectivity index (χ4v) is 1.85. The summed E-state index contributed by atoms with van der Waals surface area (Å²) in [6.07, 6.45) is 0. The molecule has 1 saturated heterocycles. The molecule has 0 unspecified atom stereocenters. The van der Waals surface area contributed by atoms with Crippen LogP contribution in [0.5, 0.6) is 0 Å². The summed E-state index contributed by atoms with van der Waals surface area (Å²) in [7, 11) is 0. The van der Waals surface area contributed by atoms with Crippen LogP contribution in [0.15, 0.2) is 0 Å². The van der Waals surface area contributed by atoms with Crippen LogP contribution in [-0.2, 0) is 4.74 Å². The van der Waals surface area contributed by atoms with E-state index < -0.39 is 0 Å². The van der Waals surface area contributed by atoms with E-state index in [1.54, 1.807) is 0 Å². The fraction of sp³-hybridized carbons (Fsp3) is 1.00. The van der Waals surface area contributed by atoms with Gasteiger partial charge < -0.3 is 4.74 Å². The number of hydrogen-bond donors (Lipinski definition) is 1. The van der Waals surface area contributed by atoms with Crippen molar-refractivity contribution >= 4 is 12.6 Å². The molecule has 1 heterocycles. The van der Waals surface area contributed by atoms with Crippen LogP contribution in [-0.4, -0.2) is 42.5 Å². The van der Waals surface area contributed by atoms with Gasteiger partial charge in [-0.3, -0.25) is 4.90 Å². The second-order valence-corrected chi connectivity index (χ2v) is 5.93. The number of nitrogens with zero attached hydrogens (tertiary/aromatic N) is 1. The van der Waals surface area contributed by atoms with E-state index in [2.05, 4.69) is 45.2 Å². The molecule has 1 fully saturated rings. The highest BCUT2D eigenvalue weighted by Gasteiger charge is 2.33. The molecule has 1 aliphatic heterocycles. The molecule has 0 spiro atoms. The van der Waals surface area contributed by atoms with E-state index in [1.807, 2.05) is 0 Å². The van der Waals surface area contributed by atoms with Crippen molar-refractivity contribution in [1.82, 2.24) is 4.90 Å². The minimum Gasteiger partial charge on any atom is -0.378 e. The summed E-state index contributed by atoms with van der Waals surface area (Å²) >= 11 is 4.40. The predicted molar refractivity (Wildman–Crippen MR) is 64.1 cm³/mol. The van der Waals surface area contributed by atoms with Gasteiger partial charge >= 0.3 is 0 Å². The monoisotopic (exact) mass is 217 g/mol. The summed E-state index contributed by atoms with van der Waals surface area (Å²) in [5.74, 6) is 0.931. The van der Waals surface area contributed by atoms with Crippen LogP contribution in [0, 0.1) is 5.41 Å². The standard InChI is InChI=1S/C11H23NOS/c1-10(2,9-14)7-12-5-6-13-8-11(12,3)4/h14H,5-9H2,1-4H3. The molecule has 0 N–H and O–H groups in total. The van der Waals surface area contributed by atoms with Gasteiger partial charge in [0.15, 0.2) is 0 Å². The quantitative estimate of drug-likeness (QED) is 0.727. The van der Waals surface area contributed by atoms with Crippen LogP contribution in [0.4, 0.5) is 0 Å². The van der Waals surface area contributed by atoms with Gasteiger partial charge in [-0.2, -0.15) is 12.6 Å². The molecule has 1 rings (SSSR count). The summed E-state index contributed by atoms with van der Waals surface area (Å²) in [5, 5.41) is 0. The second-order valence-electron chi connectivity index (χ2n) is 5.61. The maximum Gasteiger partial charge on any atom is 0.0645 e. The van der Waals surface area contributed by atoms with Crippen molar-refractivity contribution in [1.29, 1.82) is 0 Å². The Bertz CT molecular complexity index is 192. The largest absolute Gasteiger partial charge is 0.378 e. The molecule has 0 radical (unpaired) electrons. The third-order valence-corrected chi connectivity index (χ3v) is 3.72. The van der Waals surface area contributed by atoms with Gasteiger partial charge in [0.1, 0.15) is 0 Å². The van der Waals surface area contributed by atoms with Crippen molar-refractivity contribution in [2.75, 3.05) is 32.1 Å². The maximum atomic E-state index is 5.50. The van der Waals surface area contributed by atoms with Crippen molar-refractivity contribution in [2.24, 2.45) is 5.41 Å². The molecule has 0 aromatic carbocycles. The number of rotatable bonds is 3. The lowest BCUT2D eigenvalue weighted by molar-refractivity contribution is -0.0625. The zero-order valence-electron chi connectivity index (χ0n) is 9.84. The van der Waals surface area contributed by atoms with Crippen LogP contribution in [0.3, 0.4) is 0 Å². The van der Waals surface area contributed by atoms with Gasteiger partial charge in [0.2, 0.25) is 0 Å². The first kappa shape index (κ1) is 12.3. The molecule has 0 amide bonds. The van der Waals surface area contributed by atoms with Crippen molar-refractivity contribution in [3.63, 3.8) is 0 Å². The molecule has 2 nitrogen and oxygen atoms in total. The number of hydrogen-bond acceptors (Lipinski definition) is 3. The van der Waals surface area contributed by atoms with Gasteiger partial charge in [-0.15, -0.1) is 0 Å². The lowest BCUT2D eigenvalue weighted by Gasteiger charge is -2.45. The Morgan fingerprint density at radius 3 is 2.57 bits per heavy atom. The molecular formula is C11H23NOS. The third kappa shape index (κ3) is 3.14. The lowest BCUT2D eigenvalue weighted by atomic mass is 9.92. The van der Waals surface area contributed by atoms with E-state index in [0.29, 0.717) is 0 Å². The van der Waals surface area contributed by atoms with Gasteiger partial charge in [-0.1, -0.05) is 13.8 Å². The summed E-state index contributed by atoms with van der Waals surface area (Å²) < 4.78 is 5.50. The molecule has 3 heteroatoms. The highest BCUT2D eigenvalue weighted by molar-refractivity contribution is 7.80. The Balaban J connectivity index is 2.58. The normalized spacial score (nSPS) is 23.8. The highest BCUT2D eigenvalue weighted by atomic mass is 32.1. The summed E-state index contributed by atoms with van der Waals surface area (Å²) in [4.78, 5) is 2.52. The van der Waals surface area contributed by atoms with E-state index in [4.69, 9.17) is 4.74 Å². The van der Waals surface area contributed by atoms with Crippen molar-refractivity contribution in [2.45, 2.75) is 33.2 Å². The fourth-order valence-electron chi connectivity index (χ4n) is 1.75. The Labute approximate surface area is 93.4 Å². The van der Waals surface area contributed by atoms with Gasteiger partial charge in [0.25, 0.3) is 0 Å². The SMILES string of the molecule is CC(C)(CS)CN1CCOCC1(C)C. The molecule has 0 atom stereocenters. The summed E-state index contributed by atoms with van der Waals surface area (Å²) in [5.41, 5.74) is 0.468. The van der Waals surface area contributed by atoms with Gasteiger partial charge in [0, 0.05) is 18.6 Å². The molecular weight excluding hydrogens is 194 g/mol. The summed E-state index contributed by atoms with van der Waals surface area (Å²) in [6.45, 7) is 12.9. The van der Waals surface area contributed by atoms with E-state index in [-0.39, 0.29) is 11.0 Å². The first-order valence-corrected chi connectivity index (χ1v) is 5.94. The van der Waals surface area contributed by atoms with Crippen LogP contribution in [0.1, 0.15) is 27.7 Å². The molecule has 0 aromatic heterocycles. The van der Waals surface area contributed by atoms with E-state index in [1.165, 1.54) is 0 Å². The third-order valence-electron chi connectivity index (χ3n) is 2.86. The van der Waals surface area contributed by atoms with Crippen molar-refractivity contribution < 1.29 is 4.74 Å². The Hall–Kier alpha value is 0.270. The van der Waals surface area contributed by atoms with E-state index in [9.17, 15) is 0 Å².